The van der Waals surface area contributed by atoms with Gasteiger partial charge in [-0.2, -0.15) is 0 Å². The van der Waals surface area contributed by atoms with Crippen LogP contribution in [0.5, 0.6) is 0 Å². The lowest BCUT2D eigenvalue weighted by molar-refractivity contribution is 0.211. The van der Waals surface area contributed by atoms with Gasteiger partial charge >= 0.3 is 0 Å². The van der Waals surface area contributed by atoms with Crippen LogP contribution in [0.2, 0.25) is 0 Å². The van der Waals surface area contributed by atoms with Crippen molar-refractivity contribution in [1.29, 1.82) is 0 Å². The summed E-state index contributed by atoms with van der Waals surface area (Å²) in [7, 11) is 1.47. The summed E-state index contributed by atoms with van der Waals surface area (Å²) in [6.07, 6.45) is 1.94. The highest BCUT2D eigenvalue weighted by Gasteiger charge is 2.33. The molecule has 29 heavy (non-hydrogen) atoms. The Morgan fingerprint density at radius 3 is 2.86 bits per heavy atom. The molecular formula is C19H20FN5O3S. The summed E-state index contributed by atoms with van der Waals surface area (Å²) in [6, 6.07) is 3.19. The van der Waals surface area contributed by atoms with Crippen LogP contribution in [0, 0.1) is 11.7 Å². The van der Waals surface area contributed by atoms with Gasteiger partial charge in [0.15, 0.2) is 0 Å². The maximum atomic E-state index is 15.1. The summed E-state index contributed by atoms with van der Waals surface area (Å²) in [5, 5.41) is 4.38. The molecule has 0 radical (unpaired) electrons. The number of aromatic nitrogens is 2. The van der Waals surface area contributed by atoms with Crippen molar-refractivity contribution in [3.05, 3.63) is 38.5 Å². The minimum Gasteiger partial charge on any atom is -0.399 e. The van der Waals surface area contributed by atoms with Gasteiger partial charge < -0.3 is 20.0 Å². The number of nitrogens with zero attached hydrogens (tertiary/aromatic N) is 3. The van der Waals surface area contributed by atoms with E-state index in [1.54, 1.807) is 6.07 Å². The topological polar surface area (TPSA) is 106 Å². The number of oxime groups is 1. The first-order valence-electron chi connectivity index (χ1n) is 9.47. The van der Waals surface area contributed by atoms with Gasteiger partial charge in [0.1, 0.15) is 23.1 Å². The van der Waals surface area contributed by atoms with Gasteiger partial charge in [-0.05, 0) is 36.5 Å². The lowest BCUT2D eigenvalue weighted by Crippen LogP contribution is -2.24. The van der Waals surface area contributed by atoms with Crippen molar-refractivity contribution in [2.45, 2.75) is 18.9 Å². The molecular weight excluding hydrogens is 397 g/mol. The molecule has 1 atom stereocenters. The number of fused-ring (bicyclic) bond motifs is 2. The Kier molecular flexibility index (Phi) is 4.21. The first-order valence-corrected chi connectivity index (χ1v) is 10.3. The largest absolute Gasteiger partial charge is 0.399 e. The van der Waals surface area contributed by atoms with E-state index in [1.165, 1.54) is 13.2 Å². The molecule has 0 bridgehead atoms. The number of rotatable bonds is 4. The van der Waals surface area contributed by atoms with Crippen LogP contribution in [-0.4, -0.2) is 41.4 Å². The molecule has 5 rings (SSSR count). The monoisotopic (exact) mass is 417 g/mol. The molecule has 8 nitrogen and oxygen atoms in total. The summed E-state index contributed by atoms with van der Waals surface area (Å²) in [5.74, 6) is -0.523. The lowest BCUT2D eigenvalue weighted by atomic mass is 10.1. The normalized spacial score (nSPS) is 21.0. The third-order valence-electron chi connectivity index (χ3n) is 5.71. The fourth-order valence-corrected chi connectivity index (χ4v) is 5.08. The SMILES string of the molecule is CON=C1CN(c2cc3c(cc2F)c(=O)c2c(=O)[nH]sc2n3C2CC2)CC1CN. The molecule has 0 amide bonds. The molecule has 1 aromatic carbocycles. The van der Waals surface area contributed by atoms with E-state index in [0.29, 0.717) is 35.7 Å². The second-order valence-electron chi connectivity index (χ2n) is 7.54. The van der Waals surface area contributed by atoms with E-state index in [1.807, 2.05) is 9.47 Å². The van der Waals surface area contributed by atoms with E-state index in [0.717, 1.165) is 30.1 Å². The molecule has 1 saturated carbocycles. The number of nitrogens with one attached hydrogen (secondary N) is 1. The van der Waals surface area contributed by atoms with Gasteiger partial charge in [-0.15, -0.1) is 0 Å². The highest BCUT2D eigenvalue weighted by Crippen LogP contribution is 2.41. The second kappa shape index (κ2) is 6.67. The quantitative estimate of drug-likeness (QED) is 0.630. The number of anilines is 1. The van der Waals surface area contributed by atoms with E-state index in [2.05, 4.69) is 9.53 Å². The molecule has 2 aliphatic rings. The Bertz CT molecular complexity index is 1270. The smallest absolute Gasteiger partial charge is 0.271 e. The average Bonchev–Trinajstić information content (AvgIpc) is 3.35. The third kappa shape index (κ3) is 2.77. The van der Waals surface area contributed by atoms with E-state index in [9.17, 15) is 9.59 Å². The number of nitrogens with two attached hydrogens (primary N) is 1. The highest BCUT2D eigenvalue weighted by molar-refractivity contribution is 7.12. The van der Waals surface area contributed by atoms with Crippen LogP contribution in [0.1, 0.15) is 18.9 Å². The maximum Gasteiger partial charge on any atom is 0.271 e. The van der Waals surface area contributed by atoms with Crippen LogP contribution < -0.4 is 21.6 Å². The number of hydrogen-bond donors (Lipinski definition) is 2. The summed E-state index contributed by atoms with van der Waals surface area (Å²) < 4.78 is 19.8. The average molecular weight is 417 g/mol. The third-order valence-corrected chi connectivity index (χ3v) is 6.59. The maximum absolute atomic E-state index is 15.1. The first kappa shape index (κ1) is 18.3. The molecule has 1 unspecified atom stereocenters. The zero-order chi connectivity index (χ0) is 20.3. The molecule has 10 heteroatoms. The Labute approximate surface area is 168 Å². The number of aromatic amines is 1. The summed E-state index contributed by atoms with van der Waals surface area (Å²) in [5.41, 5.74) is 6.82. The number of hydrogen-bond acceptors (Lipinski definition) is 7. The van der Waals surface area contributed by atoms with Crippen molar-refractivity contribution in [3.63, 3.8) is 0 Å². The van der Waals surface area contributed by atoms with Crippen molar-refractivity contribution >= 4 is 44.1 Å². The van der Waals surface area contributed by atoms with Gasteiger partial charge in [-0.3, -0.25) is 14.0 Å². The van der Waals surface area contributed by atoms with Crippen LogP contribution in [0.3, 0.4) is 0 Å². The van der Waals surface area contributed by atoms with E-state index >= 15 is 4.39 Å². The molecule has 3 aromatic rings. The fraction of sp³-hybridized carbons (Fsp3) is 0.421. The molecule has 152 valence electrons. The van der Waals surface area contributed by atoms with Crippen molar-refractivity contribution in [2.24, 2.45) is 16.8 Å². The molecule has 3 N–H and O–H groups in total. The van der Waals surface area contributed by atoms with E-state index in [4.69, 9.17) is 10.6 Å². The molecule has 1 aliphatic heterocycles. The van der Waals surface area contributed by atoms with Crippen molar-refractivity contribution < 1.29 is 9.23 Å². The molecule has 3 heterocycles. The van der Waals surface area contributed by atoms with Gasteiger partial charge in [-0.1, -0.05) is 5.16 Å². The molecule has 2 fully saturated rings. The number of pyridine rings is 1. The van der Waals surface area contributed by atoms with Gasteiger partial charge in [0.05, 0.1) is 23.5 Å². The first-order chi connectivity index (χ1) is 14.0. The molecule has 0 spiro atoms. The minimum atomic E-state index is -0.502. The number of halogens is 1. The summed E-state index contributed by atoms with van der Waals surface area (Å²) in [6.45, 7) is 1.32. The lowest BCUT2D eigenvalue weighted by Gasteiger charge is -2.20. The minimum absolute atomic E-state index is 0.0203. The molecule has 2 aromatic heterocycles. The van der Waals surface area contributed by atoms with Crippen LogP contribution in [0.25, 0.3) is 21.1 Å². The molecule has 1 saturated heterocycles. The van der Waals surface area contributed by atoms with E-state index in [-0.39, 0.29) is 22.7 Å². The van der Waals surface area contributed by atoms with Crippen molar-refractivity contribution in [1.82, 2.24) is 8.94 Å². The zero-order valence-electron chi connectivity index (χ0n) is 15.8. The van der Waals surface area contributed by atoms with Crippen LogP contribution in [0.4, 0.5) is 10.1 Å². The fourth-order valence-electron chi connectivity index (χ4n) is 4.15. The summed E-state index contributed by atoms with van der Waals surface area (Å²) in [4.78, 5) is 32.5. The Morgan fingerprint density at radius 2 is 2.17 bits per heavy atom. The Hall–Kier alpha value is -2.72. The van der Waals surface area contributed by atoms with Crippen molar-refractivity contribution in [2.75, 3.05) is 31.6 Å². The van der Waals surface area contributed by atoms with Gasteiger partial charge in [0, 0.05) is 30.4 Å². The van der Waals surface area contributed by atoms with Gasteiger partial charge in [0.25, 0.3) is 5.56 Å². The predicted molar refractivity (Wildman–Crippen MR) is 112 cm³/mol. The van der Waals surface area contributed by atoms with E-state index < -0.39 is 16.8 Å². The zero-order valence-corrected chi connectivity index (χ0v) is 16.6. The van der Waals surface area contributed by atoms with Crippen molar-refractivity contribution in [3.8, 4) is 0 Å². The van der Waals surface area contributed by atoms with Crippen LogP contribution in [-0.2, 0) is 4.84 Å². The molecule has 1 aliphatic carbocycles. The summed E-state index contributed by atoms with van der Waals surface area (Å²) >= 11 is 1.16. The second-order valence-corrected chi connectivity index (χ2v) is 8.34. The van der Waals surface area contributed by atoms with Crippen LogP contribution >= 0.6 is 11.5 Å². The predicted octanol–water partition coefficient (Wildman–Crippen LogP) is 1.78. The number of benzene rings is 1. The van der Waals surface area contributed by atoms with Gasteiger partial charge in [0.2, 0.25) is 5.43 Å². The Balaban J connectivity index is 1.73. The van der Waals surface area contributed by atoms with Gasteiger partial charge in [-0.25, -0.2) is 4.39 Å². The standard InChI is InChI=1S/C19H20FN5O3S/c1-28-22-13-8-24(7-9(13)6-21)15-5-14-11(4-12(15)20)17(26)16-18(27)23-29-19(16)25(14)10-2-3-10/h4-5,9-10H,2-3,6-8,21H2,1H3,(H,23,27). The Morgan fingerprint density at radius 1 is 1.38 bits per heavy atom. The highest BCUT2D eigenvalue weighted by atomic mass is 32.1. The van der Waals surface area contributed by atoms with Crippen LogP contribution in [0.15, 0.2) is 26.9 Å². The number of H-pyrrole nitrogens is 1.